The molecule has 0 radical (unpaired) electrons. The van der Waals surface area contributed by atoms with Gasteiger partial charge in [-0.3, -0.25) is 4.79 Å². The zero-order valence-electron chi connectivity index (χ0n) is 48.2. The zero-order chi connectivity index (χ0) is 55.0. The fourth-order valence-corrected chi connectivity index (χ4v) is 39.6. The van der Waals surface area contributed by atoms with E-state index < -0.39 is 29.3 Å². The van der Waals surface area contributed by atoms with Crippen molar-refractivity contribution >= 4 is 315 Å². The van der Waals surface area contributed by atoms with Gasteiger partial charge in [0.25, 0.3) is 0 Å². The van der Waals surface area contributed by atoms with Crippen LogP contribution in [0.25, 0.3) is 291 Å². The Hall–Kier alpha value is -8.14. The molecule has 0 aliphatic heterocycles. The van der Waals surface area contributed by atoms with Crippen LogP contribution in [0.5, 0.6) is 0 Å². The minimum atomic E-state index is -2.83. The molecular weight excluding hydrogens is 1100 g/mol. The fraction of sp³-hybridized carbons (Fsp3) is 0.274. The first-order valence-electron chi connectivity index (χ1n) is 35.0. The third-order valence-corrected chi connectivity index (χ3v) is 38.7. The van der Waals surface area contributed by atoms with Crippen molar-refractivity contribution < 1.29 is 19.4 Å². The van der Waals surface area contributed by atoms with E-state index in [2.05, 4.69) is 0 Å². The molecule has 0 saturated heterocycles. The number of rotatable bonds is 5. The predicted octanol–water partition coefficient (Wildman–Crippen LogP) is 21.4. The number of Topliss-reactive ketones (excluding diaryl/α,β-unsaturated/α-hetero) is 1. The Labute approximate surface area is 496 Å². The lowest BCUT2D eigenvalue weighted by Gasteiger charge is -2.54. The summed E-state index contributed by atoms with van der Waals surface area (Å²) in [6.45, 7) is -0.678. The van der Waals surface area contributed by atoms with E-state index in [9.17, 15) is 0 Å². The number of benzene rings is 18. The van der Waals surface area contributed by atoms with Crippen LogP contribution in [0.1, 0.15) is 125 Å². The second-order valence-corrected chi connectivity index (χ2v) is 37.4. The van der Waals surface area contributed by atoms with Gasteiger partial charge in [-0.05, 0) is 376 Å². The maximum atomic E-state index is 20.0. The van der Waals surface area contributed by atoms with Crippen molar-refractivity contribution in [1.82, 2.24) is 0 Å². The highest BCUT2D eigenvalue weighted by atomic mass is 31.2. The first-order chi connectivity index (χ1) is 44.1. The number of carbonyl (C=O) groups is 2. The SMILES string of the molecule is CCOC(=O)C1(O)C(=P(C2CCCCC2)(C2CCCCC2)C2CCCCC2)C(=O)C23c4c5c6c7c8c9c(c%10c%11c2c2c4c4c%12c5c5c6c6c8c8c%13c9c9c%10c%10c%11c%11c2c2c4c4c%12c%12c5c5c6c8c6c8c%13c9c9c%10c%10c%11c2c2c4c4c%12c5c6c5c8c9c%10c2c45)C713. The maximum absolute atomic E-state index is 20.0. The standard InChI is InChI=1S/C84H39O4P/c1-2-88-81(86)84(87)80(89(18-12-6-3-7-13-18,19-14-8-4-9-15-19)20-16-10-5-11-17-20)79(85)82-75-67-59-49-39-31-23-21-22-25-29-27(23)35-43-37(29)47-41-33(25)34-26(22)30-28-24(21)32(31)40-46-36(28)44-38(30)48-42(34)52-51(41)63-57(47)65-55(43)61(53(59)45(35)39)69(75)71(65)77-73(63)74-64(52)58(48)66-56(44)62-54(46)60(50(40)49)68(67)76(82)70(62)72(66)78(74)83(77,82)84/h18-20,87H,2-17H2,1H3. The molecule has 0 bridgehead atoms. The lowest BCUT2D eigenvalue weighted by atomic mass is 9.47. The second-order valence-electron chi connectivity index (χ2n) is 33.1. The summed E-state index contributed by atoms with van der Waals surface area (Å²) in [5.74, 6) is -0.289. The Bertz CT molecular complexity index is 7820. The molecule has 36 rings (SSSR count). The molecule has 0 aromatic heterocycles. The summed E-state index contributed by atoms with van der Waals surface area (Å²) < 4.78 is 7.06. The van der Waals surface area contributed by atoms with Gasteiger partial charge in [-0.15, -0.1) is 0 Å². The monoisotopic (exact) mass is 1140 g/mol. The molecule has 0 heterocycles. The highest BCUT2D eigenvalue weighted by Gasteiger charge is 2.87. The molecule has 2 spiro atoms. The number of hydrogen-bond acceptors (Lipinski definition) is 4. The number of hydrogen-bond donors (Lipinski definition) is 1. The first-order valence-corrected chi connectivity index (χ1v) is 37.0. The number of aliphatic hydroxyl groups is 1. The lowest BCUT2D eigenvalue weighted by Crippen LogP contribution is -2.65. The van der Waals surface area contributed by atoms with Crippen molar-refractivity contribution in [3.8, 4) is 0 Å². The largest absolute Gasteiger partial charge is 0.464 e. The van der Waals surface area contributed by atoms with E-state index in [1.165, 1.54) is 295 Å². The second kappa shape index (κ2) is 9.82. The van der Waals surface area contributed by atoms with Gasteiger partial charge in [0.2, 0.25) is 5.60 Å². The predicted molar refractivity (Wildman–Crippen MR) is 373 cm³/mol. The number of ether oxygens (including phenoxy) is 1. The van der Waals surface area contributed by atoms with Crippen molar-refractivity contribution in [2.24, 2.45) is 0 Å². The van der Waals surface area contributed by atoms with E-state index in [1.54, 1.807) is 75.4 Å². The van der Waals surface area contributed by atoms with Crippen LogP contribution in [0.4, 0.5) is 0 Å². The molecule has 1 N–H and O–H groups in total. The van der Waals surface area contributed by atoms with E-state index in [0.29, 0.717) is 17.0 Å². The third-order valence-electron chi connectivity index (χ3n) is 32.2. The van der Waals surface area contributed by atoms with E-state index in [1.807, 2.05) is 6.92 Å². The van der Waals surface area contributed by atoms with Gasteiger partial charge >= 0.3 is 5.97 Å². The first kappa shape index (κ1) is 39.1. The molecule has 4 nitrogen and oxygen atoms in total. The van der Waals surface area contributed by atoms with Crippen molar-refractivity contribution in [2.75, 3.05) is 6.61 Å². The Balaban J connectivity index is 0.998. The fourth-order valence-electron chi connectivity index (χ4n) is 31.7. The summed E-state index contributed by atoms with van der Waals surface area (Å²) in [6.07, 6.45) is 17.3. The summed E-state index contributed by atoms with van der Waals surface area (Å²) in [4.78, 5) is 38.0. The van der Waals surface area contributed by atoms with Crippen LogP contribution >= 0.6 is 6.89 Å². The Morgan fingerprint density at radius 3 is 0.719 bits per heavy atom. The molecule has 0 amide bonds. The Kier molecular flexibility index (Phi) is 4.31. The smallest absolute Gasteiger partial charge is 0.344 e. The van der Waals surface area contributed by atoms with Gasteiger partial charge in [0.05, 0.1) is 12.0 Å². The van der Waals surface area contributed by atoms with Crippen LogP contribution in [0.2, 0.25) is 0 Å². The van der Waals surface area contributed by atoms with Gasteiger partial charge in [-0.25, -0.2) is 4.79 Å². The lowest BCUT2D eigenvalue weighted by molar-refractivity contribution is -0.162. The van der Waals surface area contributed by atoms with E-state index in [4.69, 9.17) is 4.74 Å². The van der Waals surface area contributed by atoms with Gasteiger partial charge < -0.3 is 9.84 Å². The van der Waals surface area contributed by atoms with Crippen molar-refractivity contribution in [1.29, 1.82) is 0 Å². The molecule has 4 saturated carbocycles. The molecule has 1 atom stereocenters. The average Bonchev–Trinajstić information content (AvgIpc) is 1.38. The number of ketones is 1. The minimum Gasteiger partial charge on any atom is -0.464 e. The number of carbonyl (C=O) groups excluding carboxylic acids is 2. The molecule has 89 heavy (non-hydrogen) atoms. The molecule has 28 aromatic carbocycles. The molecule has 8 aliphatic rings. The molecular formula is C84H39O4P. The molecule has 8 aliphatic carbocycles. The van der Waals surface area contributed by atoms with Gasteiger partial charge in [0, 0.05) is 5.29 Å². The molecule has 5 heteroatoms. The Morgan fingerprint density at radius 2 is 0.517 bits per heavy atom. The van der Waals surface area contributed by atoms with Crippen LogP contribution in [0.15, 0.2) is 0 Å². The summed E-state index contributed by atoms with van der Waals surface area (Å²) in [5.41, 5.74) is 0.587. The van der Waals surface area contributed by atoms with E-state index in [0.717, 1.165) is 43.8 Å². The quantitative estimate of drug-likeness (QED) is 0.106. The minimum absolute atomic E-state index is 0.157. The third kappa shape index (κ3) is 2.42. The van der Waals surface area contributed by atoms with Crippen molar-refractivity contribution in [3.05, 3.63) is 22.3 Å². The van der Waals surface area contributed by atoms with Crippen LogP contribution in [-0.2, 0) is 25.2 Å². The summed E-state index contributed by atoms with van der Waals surface area (Å²) in [5, 5.41) is 97.7. The zero-order valence-corrected chi connectivity index (χ0v) is 49.1. The van der Waals surface area contributed by atoms with Crippen LogP contribution in [0.3, 0.4) is 0 Å². The molecule has 28 aromatic rings. The highest BCUT2D eigenvalue weighted by molar-refractivity contribution is 7.80. The number of esters is 1. The molecule has 1 unspecified atom stereocenters. The van der Waals surface area contributed by atoms with Gasteiger partial charge in [0.15, 0.2) is 5.78 Å². The van der Waals surface area contributed by atoms with Crippen molar-refractivity contribution in [2.45, 2.75) is 137 Å². The van der Waals surface area contributed by atoms with Crippen LogP contribution in [0, 0.1) is 0 Å². The van der Waals surface area contributed by atoms with Gasteiger partial charge in [0.1, 0.15) is 5.41 Å². The van der Waals surface area contributed by atoms with E-state index >= 15 is 14.7 Å². The summed E-state index contributed by atoms with van der Waals surface area (Å²) in [7, 11) is 0. The van der Waals surface area contributed by atoms with Crippen LogP contribution < -0.4 is 0 Å². The van der Waals surface area contributed by atoms with E-state index in [-0.39, 0.29) is 12.4 Å². The molecule has 404 valence electrons. The maximum Gasteiger partial charge on any atom is 0.344 e. The highest BCUT2D eigenvalue weighted by Crippen LogP contribution is 2.89. The summed E-state index contributed by atoms with van der Waals surface area (Å²) >= 11 is 0. The topological polar surface area (TPSA) is 63.6 Å². The van der Waals surface area contributed by atoms with Crippen molar-refractivity contribution in [3.63, 3.8) is 0 Å². The molecule has 4 fully saturated rings. The normalized spacial score (nSPS) is 26.0. The van der Waals surface area contributed by atoms with Gasteiger partial charge in [-0.1, -0.05) is 64.7 Å². The Morgan fingerprint density at radius 1 is 0.326 bits per heavy atom. The summed E-state index contributed by atoms with van der Waals surface area (Å²) in [6, 6.07) is 0. The average molecular weight is 1140 g/mol. The van der Waals surface area contributed by atoms with Crippen LogP contribution in [-0.4, -0.2) is 51.3 Å². The van der Waals surface area contributed by atoms with Gasteiger partial charge in [-0.2, -0.15) is 0 Å².